The van der Waals surface area contributed by atoms with E-state index in [1.807, 2.05) is 51.6 Å². The zero-order chi connectivity index (χ0) is 19.6. The summed E-state index contributed by atoms with van der Waals surface area (Å²) in [6, 6.07) is 3.74. The predicted octanol–water partition coefficient (Wildman–Crippen LogP) is 1.91. The second-order valence-corrected chi connectivity index (χ2v) is 7.56. The van der Waals surface area contributed by atoms with E-state index in [0.717, 1.165) is 23.7 Å². The molecule has 3 aromatic heterocycles. The number of hydrogen-bond donors (Lipinski definition) is 0. The third-order valence-corrected chi connectivity index (χ3v) is 5.12. The van der Waals surface area contributed by atoms with E-state index in [-0.39, 0.29) is 11.5 Å². The molecule has 0 N–H and O–H groups in total. The molecule has 3 rings (SSSR count). The van der Waals surface area contributed by atoms with E-state index in [1.54, 1.807) is 4.68 Å². The Bertz CT molecular complexity index is 941. The van der Waals surface area contributed by atoms with Crippen LogP contribution < -0.4 is 0 Å². The molecule has 0 radical (unpaired) electrons. The van der Waals surface area contributed by atoms with Gasteiger partial charge in [0.05, 0.1) is 12.3 Å². The number of aromatic nitrogens is 6. The fourth-order valence-corrected chi connectivity index (χ4v) is 3.59. The second kappa shape index (κ2) is 8.05. The SMILES string of the molecule is Cc1cc(-n2c(C)cc(C(=O)CSc3nnnn3CCN(C)C)c2C)no1. The van der Waals surface area contributed by atoms with Crippen LogP contribution in [0.2, 0.25) is 0 Å². The molecule has 144 valence electrons. The van der Waals surface area contributed by atoms with Crippen LogP contribution in [0.1, 0.15) is 27.5 Å². The minimum atomic E-state index is 0.0294. The van der Waals surface area contributed by atoms with Gasteiger partial charge in [-0.2, -0.15) is 0 Å². The van der Waals surface area contributed by atoms with Crippen molar-refractivity contribution in [3.8, 4) is 5.82 Å². The van der Waals surface area contributed by atoms with E-state index in [9.17, 15) is 4.79 Å². The predicted molar refractivity (Wildman–Crippen MR) is 101 cm³/mol. The number of Topliss-reactive ketones (excluding diaryl/α,β-unsaturated/α-hetero) is 1. The van der Waals surface area contributed by atoms with Crippen LogP contribution in [0.25, 0.3) is 5.82 Å². The van der Waals surface area contributed by atoms with Crippen LogP contribution in [-0.2, 0) is 6.54 Å². The Kier molecular flexibility index (Phi) is 5.76. The first kappa shape index (κ1) is 19.3. The van der Waals surface area contributed by atoms with Crippen LogP contribution in [0.3, 0.4) is 0 Å². The number of hydrogen-bond acceptors (Lipinski definition) is 8. The largest absolute Gasteiger partial charge is 0.360 e. The van der Waals surface area contributed by atoms with Gasteiger partial charge in [0, 0.05) is 29.6 Å². The average Bonchev–Trinajstić information content (AvgIpc) is 3.30. The lowest BCUT2D eigenvalue weighted by Gasteiger charge is -2.09. The summed E-state index contributed by atoms with van der Waals surface area (Å²) in [5.41, 5.74) is 2.46. The highest BCUT2D eigenvalue weighted by molar-refractivity contribution is 7.99. The van der Waals surface area contributed by atoms with Crippen molar-refractivity contribution in [1.82, 2.24) is 34.8 Å². The standard InChI is InChI=1S/C17H23N7O2S/c1-11-8-14(13(3)24(11)16-9-12(2)26-19-16)15(25)10-27-17-18-20-21-23(17)7-6-22(4)5/h8-9H,6-7,10H2,1-5H3. The van der Waals surface area contributed by atoms with E-state index in [0.29, 0.717) is 23.1 Å². The molecule has 0 aliphatic heterocycles. The fraction of sp³-hybridized carbons (Fsp3) is 0.471. The molecule has 3 heterocycles. The molecular weight excluding hydrogens is 366 g/mol. The molecule has 9 nitrogen and oxygen atoms in total. The number of nitrogens with zero attached hydrogens (tertiary/aromatic N) is 7. The van der Waals surface area contributed by atoms with Gasteiger partial charge in [-0.1, -0.05) is 16.9 Å². The Hall–Kier alpha value is -2.46. The molecule has 0 amide bonds. The Balaban J connectivity index is 1.72. The molecule has 0 aliphatic rings. The van der Waals surface area contributed by atoms with Gasteiger partial charge >= 0.3 is 0 Å². The lowest BCUT2D eigenvalue weighted by atomic mass is 10.2. The molecule has 0 fully saturated rings. The number of tetrazole rings is 1. The number of ketones is 1. The number of likely N-dealkylation sites (N-methyl/N-ethyl adjacent to an activating group) is 1. The zero-order valence-corrected chi connectivity index (χ0v) is 16.9. The first-order valence-corrected chi connectivity index (χ1v) is 9.55. The lowest BCUT2D eigenvalue weighted by Crippen LogP contribution is -2.19. The van der Waals surface area contributed by atoms with E-state index >= 15 is 0 Å². The summed E-state index contributed by atoms with van der Waals surface area (Å²) in [6.45, 7) is 7.20. The van der Waals surface area contributed by atoms with Crippen LogP contribution in [0.15, 0.2) is 21.8 Å². The molecule has 0 saturated heterocycles. The number of thioether (sulfide) groups is 1. The van der Waals surface area contributed by atoms with E-state index in [2.05, 4.69) is 25.6 Å². The molecule has 0 atom stereocenters. The topological polar surface area (TPSA) is 94.9 Å². The van der Waals surface area contributed by atoms with Crippen molar-refractivity contribution in [2.45, 2.75) is 32.5 Å². The number of carbonyl (C=O) groups excluding carboxylic acids is 1. The second-order valence-electron chi connectivity index (χ2n) is 6.62. The van der Waals surface area contributed by atoms with Crippen LogP contribution in [-0.4, -0.2) is 67.0 Å². The third-order valence-electron chi connectivity index (χ3n) is 4.17. The van der Waals surface area contributed by atoms with Crippen LogP contribution >= 0.6 is 11.8 Å². The number of carbonyl (C=O) groups is 1. The van der Waals surface area contributed by atoms with Crippen LogP contribution in [0, 0.1) is 20.8 Å². The maximum absolute atomic E-state index is 12.8. The molecule has 3 aromatic rings. The van der Waals surface area contributed by atoms with Crippen molar-refractivity contribution in [2.24, 2.45) is 0 Å². The Morgan fingerprint density at radius 3 is 2.70 bits per heavy atom. The summed E-state index contributed by atoms with van der Waals surface area (Å²) in [4.78, 5) is 14.8. The lowest BCUT2D eigenvalue weighted by molar-refractivity contribution is 0.102. The smallest absolute Gasteiger partial charge is 0.209 e. The summed E-state index contributed by atoms with van der Waals surface area (Å²) >= 11 is 1.35. The van der Waals surface area contributed by atoms with Crippen molar-refractivity contribution in [3.63, 3.8) is 0 Å². The van der Waals surface area contributed by atoms with Crippen LogP contribution in [0.4, 0.5) is 0 Å². The first-order valence-electron chi connectivity index (χ1n) is 8.56. The Morgan fingerprint density at radius 2 is 2.04 bits per heavy atom. The molecule has 0 unspecified atom stereocenters. The minimum absolute atomic E-state index is 0.0294. The molecule has 0 aliphatic carbocycles. The van der Waals surface area contributed by atoms with Crippen molar-refractivity contribution < 1.29 is 9.32 Å². The van der Waals surface area contributed by atoms with E-state index in [1.165, 1.54) is 11.8 Å². The Labute approximate surface area is 161 Å². The van der Waals surface area contributed by atoms with Gasteiger partial charge in [-0.05, 0) is 51.4 Å². The minimum Gasteiger partial charge on any atom is -0.360 e. The molecule has 0 bridgehead atoms. The Morgan fingerprint density at radius 1 is 1.26 bits per heavy atom. The first-order chi connectivity index (χ1) is 12.9. The normalized spacial score (nSPS) is 11.5. The van der Waals surface area contributed by atoms with Gasteiger partial charge in [0.1, 0.15) is 5.76 Å². The molecular formula is C17H23N7O2S. The summed E-state index contributed by atoms with van der Waals surface area (Å²) in [5, 5.41) is 16.4. The molecule has 0 aromatic carbocycles. The maximum atomic E-state index is 12.8. The zero-order valence-electron chi connectivity index (χ0n) is 16.1. The van der Waals surface area contributed by atoms with Crippen molar-refractivity contribution >= 4 is 17.5 Å². The quantitative estimate of drug-likeness (QED) is 0.426. The van der Waals surface area contributed by atoms with Gasteiger partial charge in [0.25, 0.3) is 0 Å². The van der Waals surface area contributed by atoms with Gasteiger partial charge in [0.2, 0.25) is 5.16 Å². The summed E-state index contributed by atoms with van der Waals surface area (Å²) in [6.07, 6.45) is 0. The van der Waals surface area contributed by atoms with Gasteiger partial charge in [-0.3, -0.25) is 9.36 Å². The molecule has 0 spiro atoms. The van der Waals surface area contributed by atoms with Gasteiger partial charge in [0.15, 0.2) is 11.6 Å². The molecule has 0 saturated carbocycles. The van der Waals surface area contributed by atoms with Gasteiger partial charge in [-0.15, -0.1) is 5.10 Å². The van der Waals surface area contributed by atoms with Gasteiger partial charge < -0.3 is 9.42 Å². The number of aryl methyl sites for hydroxylation is 2. The molecule has 27 heavy (non-hydrogen) atoms. The van der Waals surface area contributed by atoms with Crippen molar-refractivity contribution in [2.75, 3.05) is 26.4 Å². The highest BCUT2D eigenvalue weighted by Crippen LogP contribution is 2.23. The van der Waals surface area contributed by atoms with Crippen molar-refractivity contribution in [3.05, 3.63) is 34.8 Å². The van der Waals surface area contributed by atoms with Gasteiger partial charge in [-0.25, -0.2) is 4.68 Å². The van der Waals surface area contributed by atoms with Crippen molar-refractivity contribution in [1.29, 1.82) is 0 Å². The van der Waals surface area contributed by atoms with E-state index < -0.39 is 0 Å². The number of rotatable bonds is 8. The third kappa shape index (κ3) is 4.28. The highest BCUT2D eigenvalue weighted by atomic mass is 32.2. The summed E-state index contributed by atoms with van der Waals surface area (Å²) in [7, 11) is 3.99. The summed E-state index contributed by atoms with van der Waals surface area (Å²) < 4.78 is 8.81. The monoisotopic (exact) mass is 389 g/mol. The van der Waals surface area contributed by atoms with E-state index in [4.69, 9.17) is 4.52 Å². The highest BCUT2D eigenvalue weighted by Gasteiger charge is 2.19. The maximum Gasteiger partial charge on any atom is 0.209 e. The summed E-state index contributed by atoms with van der Waals surface area (Å²) in [5.74, 6) is 1.71. The van der Waals surface area contributed by atoms with Crippen LogP contribution in [0.5, 0.6) is 0 Å². The average molecular weight is 389 g/mol. The molecule has 10 heteroatoms. The fourth-order valence-electron chi connectivity index (χ4n) is 2.80.